The molecule has 16 heavy (non-hydrogen) atoms. The molecule has 0 spiro atoms. The molecule has 0 saturated carbocycles. The fraction of sp³-hybridized carbons (Fsp3) is 0.417. The Morgan fingerprint density at radius 2 is 2.25 bits per heavy atom. The summed E-state index contributed by atoms with van der Waals surface area (Å²) in [6.07, 6.45) is 1.01. The smallest absolute Gasteiger partial charge is 0.234 e. The van der Waals surface area contributed by atoms with Gasteiger partial charge in [-0.25, -0.2) is 0 Å². The molecule has 0 bridgehead atoms. The van der Waals surface area contributed by atoms with Crippen LogP contribution in [-0.2, 0) is 11.2 Å². The molecule has 0 fully saturated rings. The average Bonchev–Trinajstić information content (AvgIpc) is 2.25. The van der Waals surface area contributed by atoms with Gasteiger partial charge in [0.15, 0.2) is 0 Å². The third-order valence-electron chi connectivity index (χ3n) is 2.52. The van der Waals surface area contributed by atoms with E-state index in [1.54, 1.807) is 11.8 Å². The molecule has 1 amide bonds. The fourth-order valence-electron chi connectivity index (χ4n) is 1.64. The van der Waals surface area contributed by atoms with E-state index >= 15 is 0 Å². The number of carbonyl (C=O) groups is 1. The topological polar surface area (TPSA) is 32.3 Å². The van der Waals surface area contributed by atoms with E-state index < -0.39 is 0 Å². The second-order valence-corrected chi connectivity index (χ2v) is 5.24. The minimum absolute atomic E-state index is 0.0993. The molecule has 3 nitrogen and oxygen atoms in total. The van der Waals surface area contributed by atoms with Gasteiger partial charge in [0, 0.05) is 11.4 Å². The van der Waals surface area contributed by atoms with Crippen LogP contribution >= 0.6 is 11.8 Å². The summed E-state index contributed by atoms with van der Waals surface area (Å²) in [6.45, 7) is 1.03. The molecule has 0 aromatic heterocycles. The minimum atomic E-state index is 0.0993. The lowest BCUT2D eigenvalue weighted by molar-refractivity contribution is -0.113. The van der Waals surface area contributed by atoms with E-state index in [0.29, 0.717) is 5.75 Å². The van der Waals surface area contributed by atoms with E-state index in [4.69, 9.17) is 0 Å². The number of fused-ring (bicyclic) bond motifs is 1. The largest absolute Gasteiger partial charge is 0.324 e. The van der Waals surface area contributed by atoms with Gasteiger partial charge in [0.2, 0.25) is 5.91 Å². The summed E-state index contributed by atoms with van der Waals surface area (Å²) < 4.78 is 0. The molecule has 0 unspecified atom stereocenters. The molecule has 0 atom stereocenters. The van der Waals surface area contributed by atoms with E-state index in [-0.39, 0.29) is 5.91 Å². The molecular weight excluding hydrogens is 220 g/mol. The maximum atomic E-state index is 11.3. The van der Waals surface area contributed by atoms with Crippen LogP contribution in [0.15, 0.2) is 23.1 Å². The van der Waals surface area contributed by atoms with E-state index in [1.807, 2.05) is 0 Å². The standard InChI is InChI=1S/C12H16N2OS/c1-14(2)6-5-9-3-4-11-10(7-9)13-12(15)8-16-11/h3-4,7H,5-6,8H2,1-2H3,(H,13,15). The fourth-order valence-corrected chi connectivity index (χ4v) is 2.43. The van der Waals surface area contributed by atoms with Gasteiger partial charge in [-0.15, -0.1) is 11.8 Å². The molecule has 1 aromatic carbocycles. The van der Waals surface area contributed by atoms with Crippen molar-refractivity contribution in [1.82, 2.24) is 4.90 Å². The number of likely N-dealkylation sites (N-methyl/N-ethyl adjacent to an activating group) is 1. The minimum Gasteiger partial charge on any atom is -0.324 e. The molecule has 1 N–H and O–H groups in total. The summed E-state index contributed by atoms with van der Waals surface area (Å²) in [5.74, 6) is 0.631. The maximum absolute atomic E-state index is 11.3. The Hall–Kier alpha value is -1.000. The van der Waals surface area contributed by atoms with E-state index in [2.05, 4.69) is 42.5 Å². The summed E-state index contributed by atoms with van der Waals surface area (Å²) in [5, 5.41) is 2.91. The van der Waals surface area contributed by atoms with Crippen LogP contribution in [0.4, 0.5) is 5.69 Å². The lowest BCUT2D eigenvalue weighted by Crippen LogP contribution is -2.19. The van der Waals surface area contributed by atoms with Gasteiger partial charge in [-0.05, 0) is 38.2 Å². The number of thioether (sulfide) groups is 1. The zero-order chi connectivity index (χ0) is 11.5. The first kappa shape index (κ1) is 11.5. The number of carbonyl (C=O) groups excluding carboxylic acids is 1. The van der Waals surface area contributed by atoms with Crippen LogP contribution in [0.5, 0.6) is 0 Å². The van der Waals surface area contributed by atoms with Gasteiger partial charge >= 0.3 is 0 Å². The molecule has 1 aliphatic rings. The van der Waals surface area contributed by atoms with Crippen LogP contribution in [0.1, 0.15) is 5.56 Å². The van der Waals surface area contributed by atoms with Crippen molar-refractivity contribution in [2.75, 3.05) is 31.7 Å². The number of nitrogens with zero attached hydrogens (tertiary/aromatic N) is 1. The van der Waals surface area contributed by atoms with Crippen molar-refractivity contribution in [3.05, 3.63) is 23.8 Å². The van der Waals surface area contributed by atoms with Crippen molar-refractivity contribution in [2.24, 2.45) is 0 Å². The molecule has 1 aromatic rings. The Morgan fingerprint density at radius 1 is 1.44 bits per heavy atom. The Bertz CT molecular complexity index is 404. The van der Waals surface area contributed by atoms with Gasteiger partial charge in [0.1, 0.15) is 0 Å². The summed E-state index contributed by atoms with van der Waals surface area (Å²) in [6, 6.07) is 6.33. The number of hydrogen-bond donors (Lipinski definition) is 1. The summed E-state index contributed by atoms with van der Waals surface area (Å²) in [7, 11) is 4.13. The monoisotopic (exact) mass is 236 g/mol. The third-order valence-corrected chi connectivity index (χ3v) is 3.60. The van der Waals surface area contributed by atoms with Crippen LogP contribution in [-0.4, -0.2) is 37.2 Å². The molecule has 2 rings (SSSR count). The van der Waals surface area contributed by atoms with Gasteiger partial charge < -0.3 is 10.2 Å². The van der Waals surface area contributed by atoms with Crippen molar-refractivity contribution < 1.29 is 4.79 Å². The van der Waals surface area contributed by atoms with Crippen LogP contribution in [0.3, 0.4) is 0 Å². The molecular formula is C12H16N2OS. The normalized spacial score (nSPS) is 14.8. The molecule has 86 valence electrons. The third kappa shape index (κ3) is 2.77. The number of hydrogen-bond acceptors (Lipinski definition) is 3. The predicted molar refractivity (Wildman–Crippen MR) is 68.1 cm³/mol. The zero-order valence-electron chi connectivity index (χ0n) is 9.62. The second-order valence-electron chi connectivity index (χ2n) is 4.22. The summed E-state index contributed by atoms with van der Waals surface area (Å²) in [5.41, 5.74) is 2.24. The van der Waals surface area contributed by atoms with Crippen molar-refractivity contribution in [1.29, 1.82) is 0 Å². The Morgan fingerprint density at radius 3 is 3.00 bits per heavy atom. The van der Waals surface area contributed by atoms with Gasteiger partial charge in [-0.1, -0.05) is 6.07 Å². The highest BCUT2D eigenvalue weighted by Gasteiger charge is 2.15. The van der Waals surface area contributed by atoms with Crippen molar-refractivity contribution in [2.45, 2.75) is 11.3 Å². The Kier molecular flexibility index (Phi) is 3.51. The quantitative estimate of drug-likeness (QED) is 0.869. The molecule has 0 radical (unpaired) electrons. The van der Waals surface area contributed by atoms with E-state index in [0.717, 1.165) is 18.7 Å². The molecule has 0 saturated heterocycles. The van der Waals surface area contributed by atoms with Gasteiger partial charge in [-0.2, -0.15) is 0 Å². The van der Waals surface area contributed by atoms with Crippen LogP contribution in [0, 0.1) is 0 Å². The molecule has 1 aliphatic heterocycles. The molecule has 4 heteroatoms. The Labute approximate surface area is 100 Å². The lowest BCUT2D eigenvalue weighted by atomic mass is 10.1. The summed E-state index contributed by atoms with van der Waals surface area (Å²) in [4.78, 5) is 14.6. The number of benzene rings is 1. The first-order chi connectivity index (χ1) is 7.65. The number of anilines is 1. The van der Waals surface area contributed by atoms with Crippen molar-refractivity contribution in [3.63, 3.8) is 0 Å². The highest BCUT2D eigenvalue weighted by atomic mass is 32.2. The molecule has 0 aliphatic carbocycles. The zero-order valence-corrected chi connectivity index (χ0v) is 10.4. The van der Waals surface area contributed by atoms with Crippen LogP contribution < -0.4 is 5.32 Å². The highest BCUT2D eigenvalue weighted by Crippen LogP contribution is 2.31. The van der Waals surface area contributed by atoms with Crippen molar-refractivity contribution in [3.8, 4) is 0 Å². The van der Waals surface area contributed by atoms with Gasteiger partial charge in [0.25, 0.3) is 0 Å². The average molecular weight is 236 g/mol. The highest BCUT2D eigenvalue weighted by molar-refractivity contribution is 8.00. The molecule has 1 heterocycles. The van der Waals surface area contributed by atoms with Gasteiger partial charge in [0.05, 0.1) is 11.4 Å². The number of nitrogens with one attached hydrogen (secondary N) is 1. The number of amides is 1. The summed E-state index contributed by atoms with van der Waals surface area (Å²) >= 11 is 1.61. The van der Waals surface area contributed by atoms with E-state index in [9.17, 15) is 4.79 Å². The SMILES string of the molecule is CN(C)CCc1ccc2c(c1)NC(=O)CS2. The van der Waals surface area contributed by atoms with Crippen molar-refractivity contribution >= 4 is 23.4 Å². The maximum Gasteiger partial charge on any atom is 0.234 e. The lowest BCUT2D eigenvalue weighted by Gasteiger charge is -2.17. The van der Waals surface area contributed by atoms with Gasteiger partial charge in [-0.3, -0.25) is 4.79 Å². The van der Waals surface area contributed by atoms with E-state index in [1.165, 1.54) is 10.5 Å². The second kappa shape index (κ2) is 4.89. The number of rotatable bonds is 3. The van der Waals surface area contributed by atoms with Crippen LogP contribution in [0.25, 0.3) is 0 Å². The first-order valence-electron chi connectivity index (χ1n) is 5.35. The van der Waals surface area contributed by atoms with Crippen LogP contribution in [0.2, 0.25) is 0 Å². The first-order valence-corrected chi connectivity index (χ1v) is 6.34. The Balaban J connectivity index is 2.12. The predicted octanol–water partition coefficient (Wildman–Crippen LogP) is 1.83.